The van der Waals surface area contributed by atoms with E-state index >= 15 is 0 Å². The van der Waals surface area contributed by atoms with Crippen molar-refractivity contribution in [2.24, 2.45) is 5.92 Å². The first-order valence-corrected chi connectivity index (χ1v) is 9.29. The van der Waals surface area contributed by atoms with Crippen molar-refractivity contribution in [2.45, 2.75) is 31.9 Å². The van der Waals surface area contributed by atoms with Crippen molar-refractivity contribution in [1.82, 2.24) is 20.0 Å². The second-order valence-corrected chi connectivity index (χ2v) is 7.25. The summed E-state index contributed by atoms with van der Waals surface area (Å²) in [6, 6.07) is 0. The van der Waals surface area contributed by atoms with Crippen LogP contribution in [0.2, 0.25) is 0 Å². The van der Waals surface area contributed by atoms with Gasteiger partial charge in [0, 0.05) is 45.8 Å². The van der Waals surface area contributed by atoms with Crippen LogP contribution in [0.25, 0.3) is 0 Å². The van der Waals surface area contributed by atoms with Crippen LogP contribution in [0.5, 0.6) is 0 Å². The van der Waals surface area contributed by atoms with Crippen LogP contribution in [-0.4, -0.2) is 91.6 Å². The molecule has 6 nitrogen and oxygen atoms in total. The Hall–Kier alpha value is -1.21. The van der Waals surface area contributed by atoms with E-state index in [2.05, 4.69) is 10.2 Å². The number of halogens is 1. The zero-order valence-electron chi connectivity index (χ0n) is 14.4. The lowest BCUT2D eigenvalue weighted by Crippen LogP contribution is -2.55. The van der Waals surface area contributed by atoms with E-state index in [1.54, 1.807) is 4.90 Å². The molecule has 3 saturated heterocycles. The second kappa shape index (κ2) is 8.25. The maximum Gasteiger partial charge on any atom is 0.312 e. The Bertz CT molecular complexity index is 440. The number of nitrogens with one attached hydrogen (secondary N) is 1. The zero-order valence-corrected chi connectivity index (χ0v) is 14.4. The Balaban J connectivity index is 1.42. The molecule has 3 heterocycles. The standard InChI is InChI=1S/C17H29FN4O2/c18-15-3-7-21(8-4-15)16(23)17(24)22-11-9-20(10-12-22)13-14-1-5-19-6-2-14/h14-15,19H,1-13H2. The van der Waals surface area contributed by atoms with Gasteiger partial charge >= 0.3 is 11.8 Å². The molecule has 0 aromatic carbocycles. The summed E-state index contributed by atoms with van der Waals surface area (Å²) in [5.74, 6) is -0.111. The first kappa shape index (κ1) is 17.6. The molecule has 2 amide bonds. The highest BCUT2D eigenvalue weighted by Crippen LogP contribution is 2.16. The molecule has 0 spiro atoms. The summed E-state index contributed by atoms with van der Waals surface area (Å²) >= 11 is 0. The van der Waals surface area contributed by atoms with Crippen molar-refractivity contribution in [2.75, 3.05) is 58.9 Å². The highest BCUT2D eigenvalue weighted by molar-refractivity contribution is 6.34. The van der Waals surface area contributed by atoms with Gasteiger partial charge in [0.1, 0.15) is 6.17 Å². The molecular formula is C17H29FN4O2. The van der Waals surface area contributed by atoms with Crippen LogP contribution in [0.1, 0.15) is 25.7 Å². The number of rotatable bonds is 2. The van der Waals surface area contributed by atoms with E-state index in [9.17, 15) is 14.0 Å². The molecule has 3 aliphatic heterocycles. The fourth-order valence-corrected chi connectivity index (χ4v) is 3.88. The van der Waals surface area contributed by atoms with Gasteiger partial charge in [0.05, 0.1) is 0 Å². The molecule has 0 bridgehead atoms. The molecule has 0 aromatic rings. The van der Waals surface area contributed by atoms with Gasteiger partial charge < -0.3 is 15.1 Å². The number of amides is 2. The third-order valence-corrected chi connectivity index (χ3v) is 5.53. The summed E-state index contributed by atoms with van der Waals surface area (Å²) in [6.45, 7) is 6.96. The Morgan fingerprint density at radius 1 is 0.833 bits per heavy atom. The summed E-state index contributed by atoms with van der Waals surface area (Å²) < 4.78 is 13.2. The third-order valence-electron chi connectivity index (χ3n) is 5.53. The average Bonchev–Trinajstić information content (AvgIpc) is 2.63. The lowest BCUT2D eigenvalue weighted by Gasteiger charge is -2.38. The molecule has 0 saturated carbocycles. The van der Waals surface area contributed by atoms with Crippen LogP contribution in [0.4, 0.5) is 4.39 Å². The van der Waals surface area contributed by atoms with Gasteiger partial charge in [0.25, 0.3) is 0 Å². The van der Waals surface area contributed by atoms with Crippen molar-refractivity contribution in [3.63, 3.8) is 0 Å². The Morgan fingerprint density at radius 3 is 1.96 bits per heavy atom. The highest BCUT2D eigenvalue weighted by Gasteiger charge is 2.32. The van der Waals surface area contributed by atoms with Crippen molar-refractivity contribution in [1.29, 1.82) is 0 Å². The average molecular weight is 340 g/mol. The molecular weight excluding hydrogens is 311 g/mol. The second-order valence-electron chi connectivity index (χ2n) is 7.25. The molecule has 3 aliphatic rings. The zero-order chi connectivity index (χ0) is 16.9. The van der Waals surface area contributed by atoms with E-state index < -0.39 is 18.0 Å². The Morgan fingerprint density at radius 2 is 1.38 bits per heavy atom. The normalized spacial score (nSPS) is 25.0. The largest absolute Gasteiger partial charge is 0.334 e. The fraction of sp³-hybridized carbons (Fsp3) is 0.882. The first-order valence-electron chi connectivity index (χ1n) is 9.29. The quantitative estimate of drug-likeness (QED) is 0.724. The maximum atomic E-state index is 13.2. The van der Waals surface area contributed by atoms with Gasteiger partial charge in [0.2, 0.25) is 0 Å². The van der Waals surface area contributed by atoms with Gasteiger partial charge in [-0.1, -0.05) is 0 Å². The van der Waals surface area contributed by atoms with Gasteiger partial charge in [0.15, 0.2) is 0 Å². The summed E-state index contributed by atoms with van der Waals surface area (Å²) in [5.41, 5.74) is 0. The van der Waals surface area contributed by atoms with Crippen LogP contribution in [-0.2, 0) is 9.59 Å². The van der Waals surface area contributed by atoms with Gasteiger partial charge in [-0.3, -0.25) is 14.5 Å². The summed E-state index contributed by atoms with van der Waals surface area (Å²) in [5, 5.41) is 3.38. The van der Waals surface area contributed by atoms with Crippen LogP contribution in [0.3, 0.4) is 0 Å². The van der Waals surface area contributed by atoms with Gasteiger partial charge in [-0.15, -0.1) is 0 Å². The van der Waals surface area contributed by atoms with Crippen LogP contribution >= 0.6 is 0 Å². The molecule has 3 rings (SSSR count). The van der Waals surface area contributed by atoms with Crippen molar-refractivity contribution in [3.8, 4) is 0 Å². The fourth-order valence-electron chi connectivity index (χ4n) is 3.88. The Kier molecular flexibility index (Phi) is 6.05. The van der Waals surface area contributed by atoms with Gasteiger partial charge in [-0.25, -0.2) is 4.39 Å². The number of alkyl halides is 1. The van der Waals surface area contributed by atoms with E-state index in [4.69, 9.17) is 0 Å². The van der Waals surface area contributed by atoms with Crippen molar-refractivity contribution >= 4 is 11.8 Å². The number of likely N-dealkylation sites (tertiary alicyclic amines) is 1. The number of nitrogens with zero attached hydrogens (tertiary/aromatic N) is 3. The first-order chi connectivity index (χ1) is 11.6. The lowest BCUT2D eigenvalue weighted by molar-refractivity contribution is -0.153. The predicted octanol–water partition coefficient (Wildman–Crippen LogP) is 0.0907. The van der Waals surface area contributed by atoms with Gasteiger partial charge in [-0.2, -0.15) is 0 Å². The predicted molar refractivity (Wildman–Crippen MR) is 89.3 cm³/mol. The van der Waals surface area contributed by atoms with Crippen molar-refractivity contribution in [3.05, 3.63) is 0 Å². The maximum absolute atomic E-state index is 13.2. The molecule has 0 aliphatic carbocycles. The Labute approximate surface area is 143 Å². The molecule has 0 atom stereocenters. The van der Waals surface area contributed by atoms with E-state index in [0.29, 0.717) is 39.0 Å². The number of piperazine rings is 1. The minimum Gasteiger partial charge on any atom is -0.334 e. The summed E-state index contributed by atoms with van der Waals surface area (Å²) in [7, 11) is 0. The number of hydrogen-bond acceptors (Lipinski definition) is 4. The molecule has 7 heteroatoms. The highest BCUT2D eigenvalue weighted by atomic mass is 19.1. The summed E-state index contributed by atoms with van der Waals surface area (Å²) in [4.78, 5) is 30.3. The third kappa shape index (κ3) is 4.45. The van der Waals surface area contributed by atoms with E-state index in [0.717, 1.165) is 38.6 Å². The van der Waals surface area contributed by atoms with E-state index in [-0.39, 0.29) is 0 Å². The molecule has 24 heavy (non-hydrogen) atoms. The number of carbonyl (C=O) groups is 2. The molecule has 3 fully saturated rings. The topological polar surface area (TPSA) is 55.9 Å². The van der Waals surface area contributed by atoms with E-state index in [1.807, 2.05) is 0 Å². The minimum absolute atomic E-state index is 0.350. The lowest BCUT2D eigenvalue weighted by atomic mass is 9.97. The number of carbonyl (C=O) groups excluding carboxylic acids is 2. The summed E-state index contributed by atoms with van der Waals surface area (Å²) in [6.07, 6.45) is 2.32. The van der Waals surface area contributed by atoms with E-state index in [1.165, 1.54) is 17.7 Å². The monoisotopic (exact) mass is 340 g/mol. The van der Waals surface area contributed by atoms with Crippen LogP contribution < -0.4 is 5.32 Å². The molecule has 0 aromatic heterocycles. The smallest absolute Gasteiger partial charge is 0.312 e. The number of piperidine rings is 2. The molecule has 0 radical (unpaired) electrons. The molecule has 136 valence electrons. The number of hydrogen-bond donors (Lipinski definition) is 1. The molecule has 0 unspecified atom stereocenters. The SMILES string of the molecule is O=C(C(=O)N1CCN(CC2CCNCC2)CC1)N1CCC(F)CC1. The van der Waals surface area contributed by atoms with Crippen LogP contribution in [0.15, 0.2) is 0 Å². The van der Waals surface area contributed by atoms with Crippen molar-refractivity contribution < 1.29 is 14.0 Å². The van der Waals surface area contributed by atoms with Crippen LogP contribution in [0, 0.1) is 5.92 Å². The van der Waals surface area contributed by atoms with Gasteiger partial charge in [-0.05, 0) is 44.7 Å². The molecule has 1 N–H and O–H groups in total. The minimum atomic E-state index is -0.831.